The number of hydrogen-bond acceptors (Lipinski definition) is 5. The predicted octanol–water partition coefficient (Wildman–Crippen LogP) is 1.69. The monoisotopic (exact) mass is 278 g/mol. The van der Waals surface area contributed by atoms with Gasteiger partial charge in [-0.2, -0.15) is 0 Å². The highest BCUT2D eigenvalue weighted by Crippen LogP contribution is 2.27. The highest BCUT2D eigenvalue weighted by atomic mass is 19.4. The van der Waals surface area contributed by atoms with E-state index in [9.17, 15) is 22.8 Å². The standard InChI is InChI=1S/C11H9F3O5/c12-11(13,14)19-8-1-2-9(7(5-8)6-16)18-10(17)3-4-15/h1-2,5-6,15H,3-4H2. The second kappa shape index (κ2) is 6.19. The number of rotatable bonds is 5. The molecule has 0 aliphatic heterocycles. The van der Waals surface area contributed by atoms with Crippen molar-refractivity contribution in [3.8, 4) is 11.5 Å². The van der Waals surface area contributed by atoms with E-state index in [-0.39, 0.29) is 24.0 Å². The molecule has 0 unspecified atom stereocenters. The topological polar surface area (TPSA) is 72.8 Å². The van der Waals surface area contributed by atoms with Crippen LogP contribution in [-0.2, 0) is 4.79 Å². The summed E-state index contributed by atoms with van der Waals surface area (Å²) in [5.74, 6) is -1.62. The molecule has 1 aromatic rings. The Balaban J connectivity index is 2.90. The van der Waals surface area contributed by atoms with E-state index < -0.39 is 24.7 Å². The van der Waals surface area contributed by atoms with Crippen molar-refractivity contribution in [2.45, 2.75) is 12.8 Å². The normalized spacial score (nSPS) is 10.9. The lowest BCUT2D eigenvalue weighted by molar-refractivity contribution is -0.274. The van der Waals surface area contributed by atoms with Gasteiger partial charge in [0.25, 0.3) is 0 Å². The van der Waals surface area contributed by atoms with Gasteiger partial charge in [0.15, 0.2) is 6.29 Å². The van der Waals surface area contributed by atoms with Gasteiger partial charge in [0.05, 0.1) is 18.6 Å². The number of aldehydes is 1. The van der Waals surface area contributed by atoms with Gasteiger partial charge in [0.2, 0.25) is 0 Å². The molecule has 0 amide bonds. The van der Waals surface area contributed by atoms with Gasteiger partial charge in [-0.15, -0.1) is 13.2 Å². The van der Waals surface area contributed by atoms with Crippen molar-refractivity contribution < 1.29 is 37.3 Å². The fourth-order valence-electron chi connectivity index (χ4n) is 1.17. The first-order valence-corrected chi connectivity index (χ1v) is 5.02. The number of aliphatic hydroxyl groups is 1. The van der Waals surface area contributed by atoms with Crippen molar-refractivity contribution in [1.82, 2.24) is 0 Å². The molecule has 0 radical (unpaired) electrons. The average molecular weight is 278 g/mol. The first-order chi connectivity index (χ1) is 8.85. The van der Waals surface area contributed by atoms with Gasteiger partial charge < -0.3 is 14.6 Å². The molecule has 0 saturated carbocycles. The number of aliphatic hydroxyl groups excluding tert-OH is 1. The SMILES string of the molecule is O=Cc1cc(OC(F)(F)F)ccc1OC(=O)CCO. The highest BCUT2D eigenvalue weighted by Gasteiger charge is 2.31. The maximum Gasteiger partial charge on any atom is 0.573 e. The zero-order valence-electron chi connectivity index (χ0n) is 9.44. The van der Waals surface area contributed by atoms with Crippen LogP contribution in [0.1, 0.15) is 16.8 Å². The van der Waals surface area contributed by atoms with Crippen molar-refractivity contribution in [3.05, 3.63) is 23.8 Å². The summed E-state index contributed by atoms with van der Waals surface area (Å²) < 4.78 is 44.2. The summed E-state index contributed by atoms with van der Waals surface area (Å²) in [6, 6.07) is 2.70. The van der Waals surface area contributed by atoms with E-state index in [2.05, 4.69) is 4.74 Å². The summed E-state index contributed by atoms with van der Waals surface area (Å²) in [5, 5.41) is 8.50. The molecular formula is C11H9F3O5. The molecule has 0 aliphatic rings. The van der Waals surface area contributed by atoms with Crippen LogP contribution in [0.3, 0.4) is 0 Å². The second-order valence-electron chi connectivity index (χ2n) is 3.31. The molecule has 0 bridgehead atoms. The Morgan fingerprint density at radius 1 is 1.37 bits per heavy atom. The lowest BCUT2D eigenvalue weighted by atomic mass is 10.2. The van der Waals surface area contributed by atoms with Gasteiger partial charge in [-0.3, -0.25) is 9.59 Å². The van der Waals surface area contributed by atoms with E-state index >= 15 is 0 Å². The smallest absolute Gasteiger partial charge is 0.426 e. The molecule has 0 saturated heterocycles. The van der Waals surface area contributed by atoms with Crippen molar-refractivity contribution >= 4 is 12.3 Å². The van der Waals surface area contributed by atoms with E-state index in [1.807, 2.05) is 0 Å². The Kier molecular flexibility index (Phi) is 4.87. The summed E-state index contributed by atoms with van der Waals surface area (Å²) in [4.78, 5) is 21.8. The number of esters is 1. The highest BCUT2D eigenvalue weighted by molar-refractivity contribution is 5.83. The molecule has 0 atom stereocenters. The van der Waals surface area contributed by atoms with Crippen LogP contribution in [0.25, 0.3) is 0 Å². The Morgan fingerprint density at radius 2 is 2.05 bits per heavy atom. The number of ether oxygens (including phenoxy) is 2. The van der Waals surface area contributed by atoms with Gasteiger partial charge in [-0.05, 0) is 18.2 Å². The fourth-order valence-corrected chi connectivity index (χ4v) is 1.17. The van der Waals surface area contributed by atoms with Gasteiger partial charge in [0, 0.05) is 0 Å². The lowest BCUT2D eigenvalue weighted by Gasteiger charge is -2.11. The van der Waals surface area contributed by atoms with Crippen LogP contribution in [0.15, 0.2) is 18.2 Å². The molecule has 0 fully saturated rings. The largest absolute Gasteiger partial charge is 0.573 e. The summed E-state index contributed by atoms with van der Waals surface area (Å²) >= 11 is 0. The molecule has 1 rings (SSSR count). The van der Waals surface area contributed by atoms with Gasteiger partial charge in [0.1, 0.15) is 11.5 Å². The molecule has 8 heteroatoms. The molecule has 0 aromatic heterocycles. The third kappa shape index (κ3) is 4.96. The lowest BCUT2D eigenvalue weighted by Crippen LogP contribution is -2.17. The van der Waals surface area contributed by atoms with Gasteiger partial charge >= 0.3 is 12.3 Å². The molecule has 1 aromatic carbocycles. The van der Waals surface area contributed by atoms with Crippen molar-refractivity contribution in [2.75, 3.05) is 6.61 Å². The summed E-state index contributed by atoms with van der Waals surface area (Å²) in [6.07, 6.45) is -4.95. The minimum absolute atomic E-state index is 0.206. The van der Waals surface area contributed by atoms with Gasteiger partial charge in [-0.1, -0.05) is 0 Å². The third-order valence-electron chi connectivity index (χ3n) is 1.88. The molecule has 0 spiro atoms. The van der Waals surface area contributed by atoms with E-state index in [1.165, 1.54) is 0 Å². The van der Waals surface area contributed by atoms with Crippen molar-refractivity contribution in [1.29, 1.82) is 0 Å². The van der Waals surface area contributed by atoms with Crippen molar-refractivity contribution in [3.63, 3.8) is 0 Å². The van der Waals surface area contributed by atoms with E-state index in [4.69, 9.17) is 9.84 Å². The number of benzene rings is 1. The van der Waals surface area contributed by atoms with Gasteiger partial charge in [-0.25, -0.2) is 0 Å². The molecule has 104 valence electrons. The molecule has 5 nitrogen and oxygen atoms in total. The number of halogens is 3. The quantitative estimate of drug-likeness (QED) is 0.504. The van der Waals surface area contributed by atoms with Crippen LogP contribution in [0.4, 0.5) is 13.2 Å². The maximum atomic E-state index is 12.0. The fraction of sp³-hybridized carbons (Fsp3) is 0.273. The zero-order valence-corrected chi connectivity index (χ0v) is 9.44. The molecule has 19 heavy (non-hydrogen) atoms. The van der Waals surface area contributed by atoms with Crippen molar-refractivity contribution in [2.24, 2.45) is 0 Å². The van der Waals surface area contributed by atoms with E-state index in [0.29, 0.717) is 0 Å². The first-order valence-electron chi connectivity index (χ1n) is 5.02. The maximum absolute atomic E-state index is 12.0. The minimum atomic E-state index is -4.88. The number of carbonyl (C=O) groups is 2. The summed E-state index contributed by atoms with van der Waals surface area (Å²) in [6.45, 7) is -0.440. The van der Waals surface area contributed by atoms with E-state index in [1.54, 1.807) is 0 Å². The van der Waals surface area contributed by atoms with Crippen LogP contribution in [0.5, 0.6) is 11.5 Å². The number of hydrogen-bond donors (Lipinski definition) is 1. The summed E-state index contributed by atoms with van der Waals surface area (Å²) in [7, 11) is 0. The average Bonchev–Trinajstić information content (AvgIpc) is 2.29. The Labute approximate surface area is 105 Å². The predicted molar refractivity (Wildman–Crippen MR) is 55.9 cm³/mol. The Hall–Kier alpha value is -2.09. The van der Waals surface area contributed by atoms with Crippen LogP contribution < -0.4 is 9.47 Å². The van der Waals surface area contributed by atoms with Crippen LogP contribution in [0.2, 0.25) is 0 Å². The first kappa shape index (κ1) is 15.0. The van der Waals surface area contributed by atoms with Crippen LogP contribution in [0, 0.1) is 0 Å². The molecule has 1 N–H and O–H groups in total. The number of carbonyl (C=O) groups excluding carboxylic acids is 2. The second-order valence-corrected chi connectivity index (χ2v) is 3.31. The summed E-state index contributed by atoms with van der Waals surface area (Å²) in [5.41, 5.74) is -0.270. The Morgan fingerprint density at radius 3 is 2.58 bits per heavy atom. The Bertz CT molecular complexity index is 470. The minimum Gasteiger partial charge on any atom is -0.426 e. The zero-order chi connectivity index (χ0) is 14.5. The van der Waals surface area contributed by atoms with Crippen LogP contribution >= 0.6 is 0 Å². The van der Waals surface area contributed by atoms with Crippen LogP contribution in [-0.4, -0.2) is 30.3 Å². The van der Waals surface area contributed by atoms with E-state index in [0.717, 1.165) is 18.2 Å². The molecule has 0 aliphatic carbocycles. The molecular weight excluding hydrogens is 269 g/mol. The molecule has 0 heterocycles. The number of alkyl halides is 3. The third-order valence-corrected chi connectivity index (χ3v) is 1.88.